The fourth-order valence-corrected chi connectivity index (χ4v) is 12.5. The van der Waals surface area contributed by atoms with Gasteiger partial charge in [-0.1, -0.05) is 38.5 Å². The Kier molecular flexibility index (Phi) is 20.3. The maximum atomic E-state index is 14.2. The molecule has 3 N–H and O–H groups in total. The van der Waals surface area contributed by atoms with E-state index in [1.54, 1.807) is 57.3 Å². The molecule has 2 aliphatic heterocycles. The number of ketones is 2. The first-order valence-electron chi connectivity index (χ1n) is 27.1. The highest BCUT2D eigenvalue weighted by atomic mass is 32.1. The van der Waals surface area contributed by atoms with Gasteiger partial charge in [0.2, 0.25) is 35.2 Å². The number of rotatable bonds is 16. The first-order chi connectivity index (χ1) is 36.7. The maximum Gasteiger partial charge on any atom is 0.410 e. The molecule has 0 spiro atoms. The molecular weight excluding hydrogens is 1030 g/mol. The van der Waals surface area contributed by atoms with Crippen LogP contribution in [0.15, 0.2) is 59.3 Å². The van der Waals surface area contributed by atoms with Crippen molar-refractivity contribution in [3.8, 4) is 0 Å². The van der Waals surface area contributed by atoms with E-state index in [-0.39, 0.29) is 64.9 Å². The number of amides is 5. The minimum Gasteiger partial charge on any atom is -0.444 e. The maximum absolute atomic E-state index is 14.2. The molecule has 6 atom stereocenters. The summed E-state index contributed by atoms with van der Waals surface area (Å²) in [4.78, 5) is 107. The Balaban J connectivity index is 0.000000227. The van der Waals surface area contributed by atoms with Crippen LogP contribution in [-0.4, -0.2) is 123 Å². The molecule has 4 fully saturated rings. The molecule has 8 rings (SSSR count). The summed E-state index contributed by atoms with van der Waals surface area (Å²) in [5.74, 6) is -2.08. The van der Waals surface area contributed by atoms with Gasteiger partial charge in [-0.05, 0) is 153 Å². The molecule has 0 radical (unpaired) electrons. The lowest BCUT2D eigenvalue weighted by molar-refractivity contribution is -0.140. The van der Waals surface area contributed by atoms with Gasteiger partial charge in [0.1, 0.15) is 56.8 Å². The van der Waals surface area contributed by atoms with Crippen LogP contribution in [0.4, 0.5) is 13.6 Å². The minimum atomic E-state index is -0.841. The number of aromatic nitrogens is 2. The standard InChI is InChI=1S/C31H41FN4O5S.C26H33FN4O3S/c1-19(35(5)30(40)41-31(2,3)4)27(38)34-25(20-10-7-6-8-11-20)29(39)36-17-9-12-24(36)28-33-23(18-42-28)26(37)21-13-15-22(32)16-14-21;1-16(28-2)24(33)30-22(17-7-4-3-5-8-17)26(34)31-14-6-9-21(31)25-29-20(15-35-25)23(32)18-10-12-19(27)13-11-18/h13-16,18-20,24-25H,6-12,17H2,1-5H3,(H,34,38);10-13,15-17,21-22,28H,3-9,14H2,1-2H3,(H,30,33)/t19-,24-,25-;16-,21-,22-/m00/s1. The van der Waals surface area contributed by atoms with Crippen molar-refractivity contribution in [1.29, 1.82) is 0 Å². The van der Waals surface area contributed by atoms with Gasteiger partial charge in [0, 0.05) is 42.0 Å². The number of nitrogens with zero attached hydrogens (tertiary/aromatic N) is 5. The molecule has 416 valence electrons. The molecule has 4 heterocycles. The third kappa shape index (κ3) is 15.0. The van der Waals surface area contributed by atoms with Crippen molar-refractivity contribution in [2.45, 2.75) is 166 Å². The van der Waals surface area contributed by atoms with Crippen LogP contribution in [0.3, 0.4) is 0 Å². The van der Waals surface area contributed by atoms with Crippen molar-refractivity contribution in [1.82, 2.24) is 40.6 Å². The Labute approximate surface area is 458 Å². The van der Waals surface area contributed by atoms with E-state index in [1.165, 1.54) is 83.2 Å². The van der Waals surface area contributed by atoms with Gasteiger partial charge in [0.25, 0.3) is 0 Å². The highest BCUT2D eigenvalue weighted by molar-refractivity contribution is 7.10. The Bertz CT molecular complexity index is 2700. The van der Waals surface area contributed by atoms with Crippen LogP contribution in [0.25, 0.3) is 0 Å². The first-order valence-corrected chi connectivity index (χ1v) is 28.9. The zero-order chi connectivity index (χ0) is 55.6. The quantitative estimate of drug-likeness (QED) is 0.0903. The Morgan fingerprint density at radius 1 is 0.623 bits per heavy atom. The molecule has 16 nitrogen and oxygen atoms in total. The molecule has 5 amide bonds. The summed E-state index contributed by atoms with van der Waals surface area (Å²) >= 11 is 2.69. The van der Waals surface area contributed by atoms with E-state index in [0.717, 1.165) is 88.5 Å². The number of carbonyl (C=O) groups is 7. The van der Waals surface area contributed by atoms with Crippen LogP contribution >= 0.6 is 22.7 Å². The minimum absolute atomic E-state index is 0.0117. The number of carbonyl (C=O) groups excluding carboxylic acids is 7. The van der Waals surface area contributed by atoms with E-state index in [0.29, 0.717) is 41.3 Å². The fourth-order valence-electron chi connectivity index (χ4n) is 10.6. The van der Waals surface area contributed by atoms with Crippen LogP contribution < -0.4 is 16.0 Å². The van der Waals surface area contributed by atoms with Gasteiger partial charge in [0.05, 0.1) is 18.1 Å². The van der Waals surface area contributed by atoms with Crippen molar-refractivity contribution in [3.63, 3.8) is 0 Å². The lowest BCUT2D eigenvalue weighted by Gasteiger charge is -2.36. The monoisotopic (exact) mass is 1100 g/mol. The van der Waals surface area contributed by atoms with Gasteiger partial charge in [0.15, 0.2) is 0 Å². The molecule has 4 aromatic rings. The lowest BCUT2D eigenvalue weighted by Crippen LogP contribution is -2.56. The third-order valence-electron chi connectivity index (χ3n) is 15.2. The van der Waals surface area contributed by atoms with Gasteiger partial charge in [-0.25, -0.2) is 23.5 Å². The number of likely N-dealkylation sites (N-methyl/N-ethyl adjacent to an activating group) is 2. The topological polar surface area (TPSA) is 200 Å². The molecule has 20 heteroatoms. The fraction of sp³-hybridized carbons (Fsp3) is 0.561. The molecule has 77 heavy (non-hydrogen) atoms. The second-order valence-electron chi connectivity index (χ2n) is 21.7. The van der Waals surface area contributed by atoms with Crippen molar-refractivity contribution in [3.05, 3.63) is 103 Å². The van der Waals surface area contributed by atoms with Gasteiger partial charge in [-0.3, -0.25) is 33.7 Å². The molecule has 2 aromatic carbocycles. The van der Waals surface area contributed by atoms with E-state index >= 15 is 0 Å². The van der Waals surface area contributed by atoms with E-state index in [1.807, 2.05) is 4.90 Å². The largest absolute Gasteiger partial charge is 0.444 e. The predicted octanol–water partition coefficient (Wildman–Crippen LogP) is 9.35. The molecule has 2 aliphatic carbocycles. The number of ether oxygens (including phenoxy) is 1. The Hall–Kier alpha value is -5.99. The van der Waals surface area contributed by atoms with E-state index in [4.69, 9.17) is 4.74 Å². The van der Waals surface area contributed by atoms with Gasteiger partial charge >= 0.3 is 6.09 Å². The van der Waals surface area contributed by atoms with Crippen LogP contribution in [0.5, 0.6) is 0 Å². The molecule has 4 aliphatic rings. The molecule has 2 saturated heterocycles. The van der Waals surface area contributed by atoms with Gasteiger partial charge in [-0.2, -0.15) is 0 Å². The zero-order valence-corrected chi connectivity index (χ0v) is 46.9. The first kappa shape index (κ1) is 58.7. The van der Waals surface area contributed by atoms with Crippen molar-refractivity contribution in [2.24, 2.45) is 11.8 Å². The molecule has 2 saturated carbocycles. The van der Waals surface area contributed by atoms with Crippen LogP contribution in [0.2, 0.25) is 0 Å². The highest BCUT2D eigenvalue weighted by Crippen LogP contribution is 2.39. The van der Waals surface area contributed by atoms with E-state index < -0.39 is 47.4 Å². The summed E-state index contributed by atoms with van der Waals surface area (Å²) in [7, 11) is 3.24. The summed E-state index contributed by atoms with van der Waals surface area (Å²) in [5, 5.41) is 13.8. The SMILES string of the molecule is CN[C@@H](C)C(=O)N[C@H](C(=O)N1CCC[C@H]1c1nc(C(=O)c2ccc(F)cc2)cs1)C1CCCCC1.C[C@@H](C(=O)N[C@H](C(=O)N1CCC[C@H]1c1nc(C(=O)c2ccc(F)cc2)cs1)C1CCCCC1)N(C)C(=O)OC(C)(C)C. The number of hydrogen-bond donors (Lipinski definition) is 3. The van der Waals surface area contributed by atoms with Crippen molar-refractivity contribution in [2.75, 3.05) is 27.2 Å². The van der Waals surface area contributed by atoms with Crippen LogP contribution in [0, 0.1) is 23.5 Å². The molecular formula is C57H74F2N8O8S2. The number of thiazole rings is 2. The molecule has 2 aromatic heterocycles. The zero-order valence-electron chi connectivity index (χ0n) is 45.3. The number of benzene rings is 2. The lowest BCUT2D eigenvalue weighted by atomic mass is 9.83. The summed E-state index contributed by atoms with van der Waals surface area (Å²) in [6.45, 7) is 9.82. The van der Waals surface area contributed by atoms with Gasteiger partial charge < -0.3 is 30.5 Å². The Morgan fingerprint density at radius 3 is 1.42 bits per heavy atom. The molecule has 0 unspecified atom stereocenters. The smallest absolute Gasteiger partial charge is 0.410 e. The highest BCUT2D eigenvalue weighted by Gasteiger charge is 2.43. The average Bonchev–Trinajstić information content (AvgIpc) is 4.30. The van der Waals surface area contributed by atoms with E-state index in [2.05, 4.69) is 25.9 Å². The Morgan fingerprint density at radius 2 is 1.03 bits per heavy atom. The second-order valence-corrected chi connectivity index (χ2v) is 23.5. The number of likely N-dealkylation sites (tertiary alicyclic amines) is 2. The van der Waals surface area contributed by atoms with Crippen molar-refractivity contribution >= 4 is 64.0 Å². The number of nitrogens with one attached hydrogen (secondary N) is 3. The predicted molar refractivity (Wildman–Crippen MR) is 290 cm³/mol. The normalized spacial score (nSPS) is 19.8. The van der Waals surface area contributed by atoms with Gasteiger partial charge in [-0.15, -0.1) is 22.7 Å². The van der Waals surface area contributed by atoms with Crippen molar-refractivity contribution < 1.29 is 47.1 Å². The summed E-state index contributed by atoms with van der Waals surface area (Å²) < 4.78 is 32.0. The molecule has 0 bridgehead atoms. The number of hydrogen-bond acceptors (Lipinski definition) is 13. The second kappa shape index (κ2) is 26.6. The number of halogens is 2. The van der Waals surface area contributed by atoms with Crippen LogP contribution in [-0.2, 0) is 23.9 Å². The third-order valence-corrected chi connectivity index (χ3v) is 17.1. The summed E-state index contributed by atoms with van der Waals surface area (Å²) in [6, 6.07) is 7.72. The van der Waals surface area contributed by atoms with E-state index in [9.17, 15) is 42.3 Å². The summed E-state index contributed by atoms with van der Waals surface area (Å²) in [5.41, 5.74) is 0.582. The van der Waals surface area contributed by atoms with Crippen LogP contribution in [0.1, 0.15) is 179 Å². The average molecular weight is 1100 g/mol. The summed E-state index contributed by atoms with van der Waals surface area (Å²) in [6.07, 6.45) is 12.4.